The quantitative estimate of drug-likeness (QED) is 0.456. The first-order valence-electron chi connectivity index (χ1n) is 7.40. The van der Waals surface area contributed by atoms with Crippen molar-refractivity contribution in [1.29, 1.82) is 0 Å². The van der Waals surface area contributed by atoms with Crippen LogP contribution in [0.4, 0.5) is 10.8 Å². The number of para-hydroxylation sites is 2. The number of ether oxygens (including phenoxy) is 1. The Morgan fingerprint density at radius 2 is 1.96 bits per heavy atom. The highest BCUT2D eigenvalue weighted by Gasteiger charge is 2.15. The van der Waals surface area contributed by atoms with Gasteiger partial charge in [-0.2, -0.15) is 0 Å². The smallest absolute Gasteiger partial charge is 0.310 e. The number of thiazole rings is 1. The van der Waals surface area contributed by atoms with Gasteiger partial charge in [-0.1, -0.05) is 40.2 Å². The molecule has 0 aliphatic heterocycles. The van der Waals surface area contributed by atoms with E-state index in [9.17, 15) is 14.9 Å². The first kappa shape index (κ1) is 18.0. The number of anilines is 1. The number of carbonyl (C=O) groups is 1. The van der Waals surface area contributed by atoms with E-state index >= 15 is 0 Å². The molecule has 26 heavy (non-hydrogen) atoms. The molecule has 0 bridgehead atoms. The van der Waals surface area contributed by atoms with Crippen LogP contribution in [0.25, 0.3) is 11.3 Å². The average Bonchev–Trinajstić information content (AvgIpc) is 3.09. The van der Waals surface area contributed by atoms with Crippen LogP contribution in [0.5, 0.6) is 5.75 Å². The molecular weight excluding hydrogens is 422 g/mol. The summed E-state index contributed by atoms with van der Waals surface area (Å²) in [5, 5.41) is 15.8. The fraction of sp³-hybridized carbons (Fsp3) is 0.0588. The maximum absolute atomic E-state index is 12.0. The number of amides is 1. The van der Waals surface area contributed by atoms with Gasteiger partial charge in [0.05, 0.1) is 10.6 Å². The number of nitrogens with zero attached hydrogens (tertiary/aromatic N) is 2. The summed E-state index contributed by atoms with van der Waals surface area (Å²) >= 11 is 4.66. The highest BCUT2D eigenvalue weighted by Crippen LogP contribution is 2.27. The molecule has 3 rings (SSSR count). The van der Waals surface area contributed by atoms with Crippen LogP contribution in [0.2, 0.25) is 0 Å². The number of nitro benzene ring substituents is 1. The summed E-state index contributed by atoms with van der Waals surface area (Å²) in [6.45, 7) is -0.349. The number of benzene rings is 2. The molecule has 0 spiro atoms. The van der Waals surface area contributed by atoms with Gasteiger partial charge in [0.1, 0.15) is 0 Å². The number of hydrogen-bond donors (Lipinski definition) is 1. The van der Waals surface area contributed by atoms with Gasteiger partial charge in [0, 0.05) is 21.5 Å². The fourth-order valence-electron chi connectivity index (χ4n) is 2.11. The lowest BCUT2D eigenvalue weighted by Crippen LogP contribution is -2.20. The second kappa shape index (κ2) is 8.07. The van der Waals surface area contributed by atoms with Crippen LogP contribution in [0.15, 0.2) is 58.4 Å². The first-order chi connectivity index (χ1) is 12.5. The predicted molar refractivity (Wildman–Crippen MR) is 102 cm³/mol. The van der Waals surface area contributed by atoms with E-state index in [0.29, 0.717) is 5.13 Å². The van der Waals surface area contributed by atoms with Gasteiger partial charge in [-0.25, -0.2) is 4.98 Å². The van der Waals surface area contributed by atoms with Crippen molar-refractivity contribution in [2.24, 2.45) is 0 Å². The summed E-state index contributed by atoms with van der Waals surface area (Å²) in [7, 11) is 0. The van der Waals surface area contributed by atoms with Crippen LogP contribution in [-0.2, 0) is 4.79 Å². The fourth-order valence-corrected chi connectivity index (χ4v) is 3.11. The molecule has 3 aromatic rings. The Morgan fingerprint density at radius 3 is 2.69 bits per heavy atom. The summed E-state index contributed by atoms with van der Waals surface area (Å²) < 4.78 is 6.22. The summed E-state index contributed by atoms with van der Waals surface area (Å²) in [6, 6.07) is 13.6. The Kier molecular flexibility index (Phi) is 5.59. The Bertz CT molecular complexity index is 943. The Hall–Kier alpha value is -2.78. The Labute approximate surface area is 160 Å². The minimum atomic E-state index is -0.557. The maximum Gasteiger partial charge on any atom is 0.310 e. The zero-order chi connectivity index (χ0) is 18.5. The molecule has 0 radical (unpaired) electrons. The van der Waals surface area contributed by atoms with Gasteiger partial charge in [0.25, 0.3) is 5.91 Å². The third-order valence-electron chi connectivity index (χ3n) is 3.31. The van der Waals surface area contributed by atoms with E-state index in [1.54, 1.807) is 6.07 Å². The largest absolute Gasteiger partial charge is 0.477 e. The molecule has 0 saturated heterocycles. The highest BCUT2D eigenvalue weighted by atomic mass is 79.9. The summed E-state index contributed by atoms with van der Waals surface area (Å²) in [6.07, 6.45) is 0. The molecule has 0 fully saturated rings. The Balaban J connectivity index is 1.61. The van der Waals surface area contributed by atoms with E-state index in [4.69, 9.17) is 4.74 Å². The summed E-state index contributed by atoms with van der Waals surface area (Å²) in [5.74, 6) is -0.401. The molecule has 1 amide bonds. The van der Waals surface area contributed by atoms with Crippen LogP contribution in [-0.4, -0.2) is 22.4 Å². The molecular formula is C17H12BrN3O4S. The lowest BCUT2D eigenvalue weighted by Gasteiger charge is -2.06. The van der Waals surface area contributed by atoms with Gasteiger partial charge < -0.3 is 4.74 Å². The van der Waals surface area contributed by atoms with Crippen LogP contribution in [0, 0.1) is 10.1 Å². The third-order valence-corrected chi connectivity index (χ3v) is 4.60. The van der Waals surface area contributed by atoms with Gasteiger partial charge in [-0.15, -0.1) is 11.3 Å². The molecule has 0 saturated carbocycles. The van der Waals surface area contributed by atoms with Gasteiger partial charge >= 0.3 is 5.69 Å². The van der Waals surface area contributed by atoms with Crippen molar-refractivity contribution < 1.29 is 14.5 Å². The van der Waals surface area contributed by atoms with Crippen LogP contribution in [0.3, 0.4) is 0 Å². The van der Waals surface area contributed by atoms with E-state index < -0.39 is 10.8 Å². The summed E-state index contributed by atoms with van der Waals surface area (Å²) in [5.41, 5.74) is 1.49. The Morgan fingerprint density at radius 1 is 1.23 bits per heavy atom. The van der Waals surface area contributed by atoms with E-state index in [1.807, 2.05) is 29.6 Å². The molecule has 7 nitrogen and oxygen atoms in total. The highest BCUT2D eigenvalue weighted by molar-refractivity contribution is 9.10. The monoisotopic (exact) mass is 433 g/mol. The average molecular weight is 434 g/mol. The molecule has 0 atom stereocenters. The minimum Gasteiger partial charge on any atom is -0.477 e. The van der Waals surface area contributed by atoms with E-state index in [0.717, 1.165) is 15.7 Å². The van der Waals surface area contributed by atoms with E-state index in [-0.39, 0.29) is 18.0 Å². The van der Waals surface area contributed by atoms with Gasteiger partial charge in [-0.05, 0) is 18.2 Å². The molecule has 1 heterocycles. The number of nitro groups is 1. The number of hydrogen-bond acceptors (Lipinski definition) is 6. The second-order valence-corrected chi connectivity index (χ2v) is 6.88. The van der Waals surface area contributed by atoms with Crippen molar-refractivity contribution in [2.75, 3.05) is 11.9 Å². The number of halogens is 1. The lowest BCUT2D eigenvalue weighted by atomic mass is 10.2. The van der Waals surface area contributed by atoms with Crippen molar-refractivity contribution in [1.82, 2.24) is 4.98 Å². The molecule has 2 aromatic carbocycles. The number of nitrogens with one attached hydrogen (secondary N) is 1. The minimum absolute atomic E-state index is 0.0438. The number of rotatable bonds is 6. The normalized spacial score (nSPS) is 10.3. The molecule has 0 unspecified atom stereocenters. The van der Waals surface area contributed by atoms with Crippen LogP contribution in [0.1, 0.15) is 0 Å². The standard InChI is InChI=1S/C17H12BrN3O4S/c18-12-7-5-11(6-8-12)13-10-26-17(19-13)20-16(22)9-25-15-4-2-1-3-14(15)21(23)24/h1-8,10H,9H2,(H,19,20,22). The van der Waals surface area contributed by atoms with Crippen molar-refractivity contribution in [3.8, 4) is 17.0 Å². The molecule has 0 aliphatic carbocycles. The third kappa shape index (κ3) is 4.44. The summed E-state index contributed by atoms with van der Waals surface area (Å²) in [4.78, 5) is 26.7. The number of carbonyl (C=O) groups excluding carboxylic acids is 1. The van der Waals surface area contributed by atoms with E-state index in [2.05, 4.69) is 26.2 Å². The predicted octanol–water partition coefficient (Wildman–Crippen LogP) is 4.50. The molecule has 1 N–H and O–H groups in total. The van der Waals surface area contributed by atoms with Crippen molar-refractivity contribution in [2.45, 2.75) is 0 Å². The van der Waals surface area contributed by atoms with Gasteiger partial charge in [-0.3, -0.25) is 20.2 Å². The van der Waals surface area contributed by atoms with Crippen molar-refractivity contribution in [3.63, 3.8) is 0 Å². The van der Waals surface area contributed by atoms with Gasteiger partial charge in [0.15, 0.2) is 17.5 Å². The SMILES string of the molecule is O=C(COc1ccccc1[N+](=O)[O-])Nc1nc(-c2ccc(Br)cc2)cs1. The van der Waals surface area contributed by atoms with Gasteiger partial charge in [0.2, 0.25) is 0 Å². The van der Waals surface area contributed by atoms with Crippen LogP contribution >= 0.6 is 27.3 Å². The second-order valence-electron chi connectivity index (χ2n) is 5.11. The first-order valence-corrected chi connectivity index (χ1v) is 9.08. The van der Waals surface area contributed by atoms with E-state index in [1.165, 1.54) is 29.5 Å². The maximum atomic E-state index is 12.0. The zero-order valence-corrected chi connectivity index (χ0v) is 15.6. The topological polar surface area (TPSA) is 94.4 Å². The van der Waals surface area contributed by atoms with Crippen molar-refractivity contribution >= 4 is 44.0 Å². The molecule has 132 valence electrons. The lowest BCUT2D eigenvalue weighted by molar-refractivity contribution is -0.385. The zero-order valence-electron chi connectivity index (χ0n) is 13.2. The van der Waals surface area contributed by atoms with Crippen molar-refractivity contribution in [3.05, 3.63) is 68.5 Å². The molecule has 9 heteroatoms. The van der Waals surface area contributed by atoms with Crippen LogP contribution < -0.4 is 10.1 Å². The number of aromatic nitrogens is 1. The molecule has 0 aliphatic rings. The molecule has 1 aromatic heterocycles.